The molecule has 0 saturated carbocycles. The van der Waals surface area contributed by atoms with Gasteiger partial charge in [0, 0.05) is 6.20 Å². The van der Waals surface area contributed by atoms with Crippen molar-refractivity contribution in [2.75, 3.05) is 6.54 Å². The van der Waals surface area contributed by atoms with Gasteiger partial charge in [0.2, 0.25) is 0 Å². The van der Waals surface area contributed by atoms with Crippen molar-refractivity contribution < 1.29 is 0 Å². The summed E-state index contributed by atoms with van der Waals surface area (Å²) in [5.41, 5.74) is 2.62. The first-order chi connectivity index (χ1) is 8.24. The summed E-state index contributed by atoms with van der Waals surface area (Å²) < 4.78 is 0. The van der Waals surface area contributed by atoms with E-state index in [2.05, 4.69) is 44.1 Å². The van der Waals surface area contributed by atoms with Crippen LogP contribution in [0, 0.1) is 5.92 Å². The lowest BCUT2D eigenvalue weighted by atomic mass is 9.92. The van der Waals surface area contributed by atoms with Crippen molar-refractivity contribution in [3.8, 4) is 0 Å². The Hall–Kier alpha value is -0.890. The number of nitrogens with zero attached hydrogens (tertiary/aromatic N) is 1. The van der Waals surface area contributed by atoms with Crippen LogP contribution in [0.1, 0.15) is 57.8 Å². The molecule has 2 atom stereocenters. The Morgan fingerprint density at radius 1 is 1.29 bits per heavy atom. The van der Waals surface area contributed by atoms with Crippen LogP contribution in [0.25, 0.3) is 0 Å². The molecule has 0 aliphatic heterocycles. The molecule has 17 heavy (non-hydrogen) atoms. The van der Waals surface area contributed by atoms with E-state index in [1.165, 1.54) is 24.1 Å². The molecule has 1 heterocycles. The highest BCUT2D eigenvalue weighted by atomic mass is 14.9. The Kier molecular flexibility index (Phi) is 6.20. The van der Waals surface area contributed by atoms with Gasteiger partial charge in [-0.2, -0.15) is 0 Å². The van der Waals surface area contributed by atoms with Gasteiger partial charge in [0.15, 0.2) is 0 Å². The van der Waals surface area contributed by atoms with Crippen molar-refractivity contribution in [3.63, 3.8) is 0 Å². The molecule has 0 amide bonds. The zero-order valence-electron chi connectivity index (χ0n) is 11.7. The molecular weight excluding hydrogens is 208 g/mol. The second-order valence-corrected chi connectivity index (χ2v) is 4.72. The first kappa shape index (κ1) is 14.2. The van der Waals surface area contributed by atoms with Crippen LogP contribution in [-0.4, -0.2) is 11.5 Å². The average Bonchev–Trinajstić information content (AvgIpc) is 2.39. The minimum absolute atomic E-state index is 0.399. The van der Waals surface area contributed by atoms with Crippen LogP contribution in [0.5, 0.6) is 0 Å². The third-order valence-corrected chi connectivity index (χ3v) is 3.43. The average molecular weight is 234 g/mol. The van der Waals surface area contributed by atoms with Gasteiger partial charge < -0.3 is 5.32 Å². The standard InChI is InChI=1S/C15H26N2/c1-5-10-16-14(12(4)6-2)15-13(7-3)9-8-11-17-15/h8-9,11-12,14,16H,5-7,10H2,1-4H3. The van der Waals surface area contributed by atoms with Gasteiger partial charge in [-0.05, 0) is 36.9 Å². The molecule has 0 aromatic carbocycles. The summed E-state index contributed by atoms with van der Waals surface area (Å²) in [5.74, 6) is 0.627. The first-order valence-electron chi connectivity index (χ1n) is 6.91. The van der Waals surface area contributed by atoms with E-state index in [0.29, 0.717) is 12.0 Å². The van der Waals surface area contributed by atoms with E-state index in [1.807, 2.05) is 12.3 Å². The minimum Gasteiger partial charge on any atom is -0.308 e. The van der Waals surface area contributed by atoms with Gasteiger partial charge in [0.05, 0.1) is 11.7 Å². The lowest BCUT2D eigenvalue weighted by Crippen LogP contribution is -2.29. The van der Waals surface area contributed by atoms with Crippen molar-refractivity contribution in [2.45, 2.75) is 53.0 Å². The molecule has 1 aromatic heterocycles. The van der Waals surface area contributed by atoms with Crippen LogP contribution in [-0.2, 0) is 6.42 Å². The number of pyridine rings is 1. The fourth-order valence-corrected chi connectivity index (χ4v) is 2.13. The maximum absolute atomic E-state index is 4.61. The molecule has 0 saturated heterocycles. The topological polar surface area (TPSA) is 24.9 Å². The fourth-order valence-electron chi connectivity index (χ4n) is 2.13. The summed E-state index contributed by atoms with van der Waals surface area (Å²) in [6, 6.07) is 4.64. The van der Waals surface area contributed by atoms with E-state index in [9.17, 15) is 0 Å². The molecule has 2 unspecified atom stereocenters. The molecule has 1 rings (SSSR count). The number of aromatic nitrogens is 1. The van der Waals surface area contributed by atoms with E-state index >= 15 is 0 Å². The van der Waals surface area contributed by atoms with Gasteiger partial charge in [-0.15, -0.1) is 0 Å². The lowest BCUT2D eigenvalue weighted by Gasteiger charge is -2.25. The van der Waals surface area contributed by atoms with Crippen LogP contribution in [0.3, 0.4) is 0 Å². The second-order valence-electron chi connectivity index (χ2n) is 4.72. The molecule has 2 heteroatoms. The van der Waals surface area contributed by atoms with E-state index < -0.39 is 0 Å². The molecule has 96 valence electrons. The molecule has 1 N–H and O–H groups in total. The van der Waals surface area contributed by atoms with Crippen LogP contribution >= 0.6 is 0 Å². The number of aryl methyl sites for hydroxylation is 1. The number of nitrogens with one attached hydrogen (secondary N) is 1. The Morgan fingerprint density at radius 2 is 2.06 bits per heavy atom. The highest BCUT2D eigenvalue weighted by Crippen LogP contribution is 2.25. The summed E-state index contributed by atoms with van der Waals surface area (Å²) in [6.45, 7) is 10.0. The van der Waals surface area contributed by atoms with E-state index in [4.69, 9.17) is 0 Å². The molecule has 2 nitrogen and oxygen atoms in total. The third-order valence-electron chi connectivity index (χ3n) is 3.43. The van der Waals surface area contributed by atoms with Crippen molar-refractivity contribution in [1.82, 2.24) is 10.3 Å². The summed E-state index contributed by atoms with van der Waals surface area (Å²) in [4.78, 5) is 4.61. The molecule has 0 bridgehead atoms. The summed E-state index contributed by atoms with van der Waals surface area (Å²) >= 11 is 0. The zero-order valence-corrected chi connectivity index (χ0v) is 11.7. The molecule has 0 aliphatic carbocycles. The third kappa shape index (κ3) is 3.81. The Balaban J connectivity index is 2.94. The molecule has 0 radical (unpaired) electrons. The molecule has 0 fully saturated rings. The highest BCUT2D eigenvalue weighted by Gasteiger charge is 2.20. The normalized spacial score (nSPS) is 14.6. The van der Waals surface area contributed by atoms with E-state index in [1.54, 1.807) is 0 Å². The molecular formula is C15H26N2. The monoisotopic (exact) mass is 234 g/mol. The number of rotatable bonds is 7. The molecule has 0 spiro atoms. The van der Waals surface area contributed by atoms with Crippen molar-refractivity contribution in [3.05, 3.63) is 29.6 Å². The van der Waals surface area contributed by atoms with Crippen molar-refractivity contribution in [1.29, 1.82) is 0 Å². The maximum Gasteiger partial charge on any atom is 0.0607 e. The van der Waals surface area contributed by atoms with E-state index in [0.717, 1.165) is 13.0 Å². The summed E-state index contributed by atoms with van der Waals surface area (Å²) in [5, 5.41) is 3.65. The quantitative estimate of drug-likeness (QED) is 0.777. The van der Waals surface area contributed by atoms with Gasteiger partial charge in [0.1, 0.15) is 0 Å². The van der Waals surface area contributed by atoms with Gasteiger partial charge in [-0.1, -0.05) is 40.2 Å². The Labute approximate surface area is 106 Å². The second kappa shape index (κ2) is 7.44. The summed E-state index contributed by atoms with van der Waals surface area (Å²) in [6.07, 6.45) is 5.32. The maximum atomic E-state index is 4.61. The fraction of sp³-hybridized carbons (Fsp3) is 0.667. The Bertz CT molecular complexity index is 322. The van der Waals surface area contributed by atoms with Crippen LogP contribution < -0.4 is 5.32 Å². The predicted molar refractivity (Wildman–Crippen MR) is 74.1 cm³/mol. The van der Waals surface area contributed by atoms with Gasteiger partial charge in [-0.25, -0.2) is 0 Å². The van der Waals surface area contributed by atoms with Gasteiger partial charge in [0.25, 0.3) is 0 Å². The number of hydrogen-bond acceptors (Lipinski definition) is 2. The van der Waals surface area contributed by atoms with Crippen LogP contribution in [0.15, 0.2) is 18.3 Å². The zero-order chi connectivity index (χ0) is 12.7. The van der Waals surface area contributed by atoms with E-state index in [-0.39, 0.29) is 0 Å². The SMILES string of the molecule is CCCNC(c1ncccc1CC)C(C)CC. The van der Waals surface area contributed by atoms with Gasteiger partial charge in [-0.3, -0.25) is 4.98 Å². The van der Waals surface area contributed by atoms with Crippen LogP contribution in [0.4, 0.5) is 0 Å². The molecule has 0 aliphatic rings. The van der Waals surface area contributed by atoms with Gasteiger partial charge >= 0.3 is 0 Å². The molecule has 1 aromatic rings. The van der Waals surface area contributed by atoms with Crippen molar-refractivity contribution >= 4 is 0 Å². The number of hydrogen-bond donors (Lipinski definition) is 1. The lowest BCUT2D eigenvalue weighted by molar-refractivity contribution is 0.368. The first-order valence-corrected chi connectivity index (χ1v) is 6.91. The predicted octanol–water partition coefficient (Wildman–Crippen LogP) is 3.73. The minimum atomic E-state index is 0.399. The van der Waals surface area contributed by atoms with Crippen LogP contribution in [0.2, 0.25) is 0 Å². The Morgan fingerprint density at radius 3 is 2.65 bits per heavy atom. The summed E-state index contributed by atoms with van der Waals surface area (Å²) in [7, 11) is 0. The van der Waals surface area contributed by atoms with Crippen molar-refractivity contribution in [2.24, 2.45) is 5.92 Å². The largest absolute Gasteiger partial charge is 0.308 e. The smallest absolute Gasteiger partial charge is 0.0607 e. The highest BCUT2D eigenvalue weighted by molar-refractivity contribution is 5.23.